The summed E-state index contributed by atoms with van der Waals surface area (Å²) in [7, 11) is 0. The maximum absolute atomic E-state index is 11.8. The molecule has 15 heavy (non-hydrogen) atoms. The number of carboxylic acids is 1. The minimum Gasteiger partial charge on any atom is -0.480 e. The molecule has 1 aromatic heterocycles. The van der Waals surface area contributed by atoms with Crippen LogP contribution in [0.3, 0.4) is 0 Å². The van der Waals surface area contributed by atoms with Gasteiger partial charge in [-0.2, -0.15) is 0 Å². The Labute approximate surface area is 98.6 Å². The summed E-state index contributed by atoms with van der Waals surface area (Å²) in [5.41, 5.74) is 0.625. The van der Waals surface area contributed by atoms with E-state index in [1.807, 2.05) is 0 Å². The third-order valence-corrected chi connectivity index (χ3v) is 4.03. The zero-order valence-corrected chi connectivity index (χ0v) is 10.3. The van der Waals surface area contributed by atoms with E-state index in [2.05, 4.69) is 15.9 Å². The lowest BCUT2D eigenvalue weighted by atomic mass is 10.3. The molecule has 0 fully saturated rings. The van der Waals surface area contributed by atoms with Gasteiger partial charge in [-0.15, -0.1) is 11.3 Å². The van der Waals surface area contributed by atoms with E-state index >= 15 is 0 Å². The van der Waals surface area contributed by atoms with Gasteiger partial charge in [0.05, 0.1) is 15.9 Å². The van der Waals surface area contributed by atoms with Crippen molar-refractivity contribution in [1.82, 2.24) is 4.90 Å². The second kappa shape index (κ2) is 3.61. The van der Waals surface area contributed by atoms with Gasteiger partial charge in [0.25, 0.3) is 5.91 Å². The largest absolute Gasteiger partial charge is 0.480 e. The van der Waals surface area contributed by atoms with E-state index in [0.29, 0.717) is 12.1 Å². The summed E-state index contributed by atoms with van der Waals surface area (Å²) in [5, 5.41) is 8.83. The van der Waals surface area contributed by atoms with Crippen LogP contribution in [0.15, 0.2) is 9.85 Å². The van der Waals surface area contributed by atoms with Gasteiger partial charge in [-0.05, 0) is 28.9 Å². The monoisotopic (exact) mass is 289 g/mol. The van der Waals surface area contributed by atoms with Crippen molar-refractivity contribution in [3.63, 3.8) is 0 Å². The number of aliphatic carboxylic acids is 1. The molecule has 1 aromatic rings. The van der Waals surface area contributed by atoms with Gasteiger partial charge in [-0.25, -0.2) is 4.79 Å². The Morgan fingerprint density at radius 3 is 2.93 bits per heavy atom. The summed E-state index contributed by atoms with van der Waals surface area (Å²) < 4.78 is 0.906. The van der Waals surface area contributed by atoms with Crippen molar-refractivity contribution in [2.45, 2.75) is 19.5 Å². The van der Waals surface area contributed by atoms with Crippen LogP contribution >= 0.6 is 27.3 Å². The second-order valence-corrected chi connectivity index (χ2v) is 5.85. The first-order valence-corrected chi connectivity index (χ1v) is 5.93. The summed E-state index contributed by atoms with van der Waals surface area (Å²) in [6.45, 7) is 1.92. The van der Waals surface area contributed by atoms with Crippen molar-refractivity contribution in [3.8, 4) is 0 Å². The average molecular weight is 290 g/mol. The molecule has 0 unspecified atom stereocenters. The molecule has 0 radical (unpaired) electrons. The Bertz CT molecular complexity index is 443. The number of thiophene rings is 1. The van der Waals surface area contributed by atoms with Crippen molar-refractivity contribution in [2.24, 2.45) is 0 Å². The van der Waals surface area contributed by atoms with Crippen LogP contribution in [0.4, 0.5) is 0 Å². The zero-order valence-electron chi connectivity index (χ0n) is 7.86. The molecule has 0 saturated carbocycles. The number of carboxylic acid groups (broad SMARTS) is 1. The van der Waals surface area contributed by atoms with Crippen molar-refractivity contribution >= 4 is 39.1 Å². The Hall–Kier alpha value is -0.880. The highest BCUT2D eigenvalue weighted by Gasteiger charge is 2.35. The van der Waals surface area contributed by atoms with Gasteiger partial charge in [-0.1, -0.05) is 0 Å². The van der Waals surface area contributed by atoms with Crippen LogP contribution in [0.5, 0.6) is 0 Å². The lowest BCUT2D eigenvalue weighted by molar-refractivity contribution is -0.141. The Balaban J connectivity index is 2.28. The van der Waals surface area contributed by atoms with E-state index in [4.69, 9.17) is 5.11 Å². The van der Waals surface area contributed by atoms with Crippen molar-refractivity contribution < 1.29 is 14.7 Å². The molecule has 2 heterocycles. The molecule has 1 aliphatic rings. The van der Waals surface area contributed by atoms with E-state index in [0.717, 1.165) is 8.66 Å². The van der Waals surface area contributed by atoms with Gasteiger partial charge in [0.15, 0.2) is 0 Å². The van der Waals surface area contributed by atoms with Gasteiger partial charge in [0.1, 0.15) is 6.04 Å². The Morgan fingerprint density at radius 2 is 2.40 bits per heavy atom. The third kappa shape index (κ3) is 1.68. The Morgan fingerprint density at radius 1 is 1.73 bits per heavy atom. The molecule has 1 atom stereocenters. The molecular formula is C9H8BrNO3S. The first kappa shape index (κ1) is 10.6. The molecule has 80 valence electrons. The number of rotatable bonds is 2. The number of carbonyl (C=O) groups excluding carboxylic acids is 1. The standard InChI is InChI=1S/C9H8BrNO3S/c1-4(9(13)14)11-3-6-5(8(11)12)2-7(10)15-6/h2,4H,3H2,1H3,(H,13,14)/t4-/m1/s1. The predicted molar refractivity (Wildman–Crippen MR) is 59.0 cm³/mol. The molecule has 2 rings (SSSR count). The number of carbonyl (C=O) groups is 2. The number of amides is 1. The average Bonchev–Trinajstić information content (AvgIpc) is 2.64. The summed E-state index contributed by atoms with van der Waals surface area (Å²) in [4.78, 5) is 24.9. The fourth-order valence-corrected chi connectivity index (χ4v) is 3.21. The van der Waals surface area contributed by atoms with Gasteiger partial charge >= 0.3 is 5.97 Å². The van der Waals surface area contributed by atoms with Crippen LogP contribution in [0.2, 0.25) is 0 Å². The highest BCUT2D eigenvalue weighted by atomic mass is 79.9. The SMILES string of the molecule is C[C@H](C(=O)O)N1Cc2sc(Br)cc2C1=O. The normalized spacial score (nSPS) is 16.7. The summed E-state index contributed by atoms with van der Waals surface area (Å²) in [6.07, 6.45) is 0. The minimum absolute atomic E-state index is 0.193. The molecule has 1 N–H and O–H groups in total. The molecular weight excluding hydrogens is 282 g/mol. The molecule has 0 bridgehead atoms. The number of hydrogen-bond acceptors (Lipinski definition) is 3. The summed E-state index contributed by atoms with van der Waals surface area (Å²) in [5.74, 6) is -1.17. The number of nitrogens with zero attached hydrogens (tertiary/aromatic N) is 1. The van der Waals surface area contributed by atoms with Crippen LogP contribution < -0.4 is 0 Å². The van der Waals surface area contributed by atoms with Crippen LogP contribution in [-0.4, -0.2) is 27.9 Å². The van der Waals surface area contributed by atoms with E-state index in [1.165, 1.54) is 23.2 Å². The zero-order chi connectivity index (χ0) is 11.2. The van der Waals surface area contributed by atoms with E-state index in [1.54, 1.807) is 6.07 Å². The smallest absolute Gasteiger partial charge is 0.326 e. The molecule has 6 heteroatoms. The third-order valence-electron chi connectivity index (χ3n) is 2.41. The fourth-order valence-electron chi connectivity index (χ4n) is 1.52. The van der Waals surface area contributed by atoms with Crippen molar-refractivity contribution in [3.05, 3.63) is 20.3 Å². The van der Waals surface area contributed by atoms with Crippen LogP contribution in [0.1, 0.15) is 22.2 Å². The molecule has 1 aliphatic heterocycles. The molecule has 0 aliphatic carbocycles. The number of fused-ring (bicyclic) bond motifs is 1. The maximum atomic E-state index is 11.8. The lowest BCUT2D eigenvalue weighted by Crippen LogP contribution is -2.39. The number of hydrogen-bond donors (Lipinski definition) is 1. The first-order valence-electron chi connectivity index (χ1n) is 4.32. The highest BCUT2D eigenvalue weighted by Crippen LogP contribution is 2.34. The van der Waals surface area contributed by atoms with Crippen LogP contribution in [0.25, 0.3) is 0 Å². The maximum Gasteiger partial charge on any atom is 0.326 e. The molecule has 0 spiro atoms. The first-order chi connectivity index (χ1) is 7.00. The quantitative estimate of drug-likeness (QED) is 0.905. The highest BCUT2D eigenvalue weighted by molar-refractivity contribution is 9.11. The summed E-state index contributed by atoms with van der Waals surface area (Å²) in [6, 6.07) is 0.979. The van der Waals surface area contributed by atoms with E-state index in [-0.39, 0.29) is 5.91 Å². The molecule has 0 saturated heterocycles. The van der Waals surface area contributed by atoms with Gasteiger partial charge in [0.2, 0.25) is 0 Å². The van der Waals surface area contributed by atoms with Crippen molar-refractivity contribution in [1.29, 1.82) is 0 Å². The number of halogens is 1. The Kier molecular flexibility index (Phi) is 2.56. The second-order valence-electron chi connectivity index (χ2n) is 3.33. The van der Waals surface area contributed by atoms with E-state index in [9.17, 15) is 9.59 Å². The fraction of sp³-hybridized carbons (Fsp3) is 0.333. The van der Waals surface area contributed by atoms with Crippen LogP contribution in [-0.2, 0) is 11.3 Å². The van der Waals surface area contributed by atoms with Gasteiger partial charge < -0.3 is 10.0 Å². The summed E-state index contributed by atoms with van der Waals surface area (Å²) >= 11 is 4.78. The minimum atomic E-state index is -0.974. The lowest BCUT2D eigenvalue weighted by Gasteiger charge is -2.20. The molecule has 4 nitrogen and oxygen atoms in total. The van der Waals surface area contributed by atoms with Crippen molar-refractivity contribution in [2.75, 3.05) is 0 Å². The van der Waals surface area contributed by atoms with E-state index < -0.39 is 12.0 Å². The van der Waals surface area contributed by atoms with Crippen LogP contribution in [0, 0.1) is 0 Å². The molecule has 1 amide bonds. The van der Waals surface area contributed by atoms with Gasteiger partial charge in [-0.3, -0.25) is 4.79 Å². The van der Waals surface area contributed by atoms with Gasteiger partial charge in [0, 0.05) is 4.88 Å². The topological polar surface area (TPSA) is 57.6 Å². The predicted octanol–water partition coefficient (Wildman–Crippen LogP) is 1.94. The molecule has 0 aromatic carbocycles.